The van der Waals surface area contributed by atoms with Crippen LogP contribution in [0.3, 0.4) is 0 Å². The molecule has 1 aliphatic heterocycles. The van der Waals surface area contributed by atoms with E-state index in [1.54, 1.807) is 36.9 Å². The quantitative estimate of drug-likeness (QED) is 0.244. The van der Waals surface area contributed by atoms with E-state index in [2.05, 4.69) is 0 Å². The van der Waals surface area contributed by atoms with Gasteiger partial charge in [0.25, 0.3) is 0 Å². The molecule has 0 spiro atoms. The second kappa shape index (κ2) is 9.97. The normalized spacial score (nSPS) is 16.7. The molecule has 5 aromatic rings. The van der Waals surface area contributed by atoms with Crippen LogP contribution in [-0.2, 0) is 7.05 Å². The van der Waals surface area contributed by atoms with Crippen LogP contribution in [0.25, 0.3) is 11.3 Å². The minimum atomic E-state index is -2.47. The third-order valence-corrected chi connectivity index (χ3v) is 8.73. The molecule has 0 bridgehead atoms. The Morgan fingerprint density at radius 3 is 1.70 bits per heavy atom. The van der Waals surface area contributed by atoms with Gasteiger partial charge in [-0.05, 0) is 65.4 Å². The van der Waals surface area contributed by atoms with Crippen LogP contribution in [0, 0.1) is 48.3 Å². The molecule has 0 fully saturated rings. The molecule has 0 unspecified atom stereocenters. The maximum atomic E-state index is 8.90. The Morgan fingerprint density at radius 2 is 1.12 bits per heavy atom. The third kappa shape index (κ3) is 4.06. The molecule has 1 nitrogen and oxygen atoms in total. The number of fused-ring (bicyclic) bond motifs is 2. The van der Waals surface area contributed by atoms with Crippen LogP contribution < -0.4 is 37.3 Å². The molecule has 0 N–H and O–H groups in total. The molecule has 0 saturated carbocycles. The van der Waals surface area contributed by atoms with E-state index in [1.165, 1.54) is 0 Å². The van der Waals surface area contributed by atoms with Gasteiger partial charge in [0.15, 0.2) is 6.20 Å². The van der Waals surface area contributed by atoms with Crippen molar-refractivity contribution in [1.29, 1.82) is 0 Å². The fourth-order valence-electron chi connectivity index (χ4n) is 6.69. The molecule has 1 aliphatic rings. The number of nitrogens with zero attached hydrogens (tertiary/aromatic N) is 1. The molecule has 3 heteroatoms. The van der Waals surface area contributed by atoms with Crippen molar-refractivity contribution in [3.8, 4) is 11.3 Å². The lowest BCUT2D eigenvalue weighted by atomic mass is 9.20. The molecule has 196 valence electrons. The van der Waals surface area contributed by atoms with Crippen LogP contribution in [-0.4, -0.2) is 13.4 Å². The Labute approximate surface area is 253 Å². The van der Waals surface area contributed by atoms with Gasteiger partial charge < -0.3 is 0 Å². The lowest BCUT2D eigenvalue weighted by Gasteiger charge is -2.34. The fourth-order valence-corrected chi connectivity index (χ4v) is 6.69. The standard InChI is InChI=1S/C37H38B2N/c1-23-14-13-15-24(2)36(23)38-31-16-9-11-18-33(31)39(34-19-12-10-17-32(34)38)37-26(4)20-30(28(6)29(37)7)35-21-25(3)27(5)22-40(35)8/h9-22H,1-8H3/q+1/i1D3,5D3,7D3. The van der Waals surface area contributed by atoms with E-state index in [0.717, 1.165) is 49.7 Å². The van der Waals surface area contributed by atoms with Crippen LogP contribution in [0.2, 0.25) is 0 Å². The van der Waals surface area contributed by atoms with Crippen molar-refractivity contribution in [2.45, 2.75) is 48.3 Å². The first-order valence-corrected chi connectivity index (χ1v) is 13.8. The average Bonchev–Trinajstić information content (AvgIpc) is 3.00. The Balaban J connectivity index is 1.66. The smallest absolute Gasteiger partial charge is 0.201 e. The highest BCUT2D eigenvalue weighted by Crippen LogP contribution is 2.26. The van der Waals surface area contributed by atoms with Crippen molar-refractivity contribution in [2.24, 2.45) is 7.05 Å². The van der Waals surface area contributed by atoms with Crippen LogP contribution in [0.15, 0.2) is 85.1 Å². The van der Waals surface area contributed by atoms with Crippen molar-refractivity contribution < 1.29 is 16.9 Å². The molecule has 4 aromatic carbocycles. The van der Waals surface area contributed by atoms with Gasteiger partial charge in [-0.25, -0.2) is 4.57 Å². The molecule has 0 atom stereocenters. The maximum absolute atomic E-state index is 8.90. The summed E-state index contributed by atoms with van der Waals surface area (Å²) in [6.45, 7) is -0.362. The van der Waals surface area contributed by atoms with E-state index in [1.807, 2.05) is 87.5 Å². The summed E-state index contributed by atoms with van der Waals surface area (Å²) in [6.07, 6.45) is 1.61. The minimum Gasteiger partial charge on any atom is -0.201 e. The van der Waals surface area contributed by atoms with Gasteiger partial charge in [0.1, 0.15) is 7.05 Å². The zero-order chi connectivity index (χ0) is 35.8. The first-order valence-electron chi connectivity index (χ1n) is 18.3. The number of aromatic nitrogens is 1. The van der Waals surface area contributed by atoms with E-state index in [-0.39, 0.29) is 17.8 Å². The third-order valence-electron chi connectivity index (χ3n) is 8.73. The zero-order valence-electron chi connectivity index (χ0n) is 32.7. The minimum absolute atomic E-state index is 0.251. The zero-order valence-corrected chi connectivity index (χ0v) is 23.7. The van der Waals surface area contributed by atoms with Crippen LogP contribution in [0.4, 0.5) is 0 Å². The number of benzene rings is 4. The number of pyridine rings is 1. The Bertz CT molecular complexity index is 2070. The summed E-state index contributed by atoms with van der Waals surface area (Å²) >= 11 is 0. The summed E-state index contributed by atoms with van der Waals surface area (Å²) in [5.41, 5.74) is 10.4. The summed E-state index contributed by atoms with van der Waals surface area (Å²) in [6, 6.07) is 25.3. The summed E-state index contributed by atoms with van der Waals surface area (Å²) in [5.74, 6) is 0. The van der Waals surface area contributed by atoms with E-state index >= 15 is 0 Å². The number of hydrogen-bond donors (Lipinski definition) is 0. The van der Waals surface area contributed by atoms with Gasteiger partial charge in [-0.1, -0.05) is 122 Å². The molecule has 0 aliphatic carbocycles. The summed E-state index contributed by atoms with van der Waals surface area (Å²) in [7, 11) is 1.79. The summed E-state index contributed by atoms with van der Waals surface area (Å²) in [5, 5.41) is 0. The lowest BCUT2D eigenvalue weighted by molar-refractivity contribution is -0.660. The van der Waals surface area contributed by atoms with Crippen molar-refractivity contribution in [3.05, 3.63) is 124 Å². The average molecular weight is 527 g/mol. The molecule has 6 rings (SSSR count). The molecule has 2 heterocycles. The van der Waals surface area contributed by atoms with E-state index in [4.69, 9.17) is 12.3 Å². The van der Waals surface area contributed by atoms with Crippen LogP contribution in [0.1, 0.15) is 51.3 Å². The lowest BCUT2D eigenvalue weighted by Crippen LogP contribution is -2.75. The molecular weight excluding hydrogens is 480 g/mol. The highest BCUT2D eigenvalue weighted by molar-refractivity contribution is 7.11. The Morgan fingerprint density at radius 1 is 0.550 bits per heavy atom. The van der Waals surface area contributed by atoms with E-state index in [0.29, 0.717) is 22.2 Å². The van der Waals surface area contributed by atoms with Gasteiger partial charge in [-0.15, -0.1) is 0 Å². The first-order chi connectivity index (χ1) is 22.8. The monoisotopic (exact) mass is 527 g/mol. The largest absolute Gasteiger partial charge is 0.240 e. The van der Waals surface area contributed by atoms with E-state index in [9.17, 15) is 0 Å². The topological polar surface area (TPSA) is 3.88 Å². The van der Waals surface area contributed by atoms with Gasteiger partial charge in [-0.2, -0.15) is 0 Å². The van der Waals surface area contributed by atoms with Gasteiger partial charge in [-0.3, -0.25) is 0 Å². The predicted octanol–water partition coefficient (Wildman–Crippen LogP) is 3.68. The number of rotatable bonds is 3. The fraction of sp³-hybridized carbons (Fsp3) is 0.216. The predicted molar refractivity (Wildman–Crippen MR) is 175 cm³/mol. The van der Waals surface area contributed by atoms with Crippen molar-refractivity contribution >= 4 is 46.2 Å². The van der Waals surface area contributed by atoms with Crippen LogP contribution in [0.5, 0.6) is 0 Å². The highest BCUT2D eigenvalue weighted by atomic mass is 14.9. The van der Waals surface area contributed by atoms with Gasteiger partial charge in [0.05, 0.1) is 0 Å². The molecule has 0 saturated heterocycles. The second-order valence-electron chi connectivity index (χ2n) is 11.2. The number of hydrogen-bond acceptors (Lipinski definition) is 0. The van der Waals surface area contributed by atoms with Crippen molar-refractivity contribution in [1.82, 2.24) is 0 Å². The number of aryl methyl sites for hydroxylation is 6. The Hall–Kier alpha value is -3.84. The Kier molecular flexibility index (Phi) is 4.43. The maximum Gasteiger partial charge on any atom is 0.240 e. The molecule has 0 radical (unpaired) electrons. The molecule has 40 heavy (non-hydrogen) atoms. The second-order valence-corrected chi connectivity index (χ2v) is 11.2. The van der Waals surface area contributed by atoms with Gasteiger partial charge >= 0.3 is 0 Å². The first kappa shape index (κ1) is 17.8. The highest BCUT2D eigenvalue weighted by Gasteiger charge is 2.40. The SMILES string of the molecule is [2H]C([2H])([2H])c1c[n+](C)c(-c2cc(C)c(B3c4ccccc4B(c4c(C)cccc4C([2H])([2H])[2H])c4ccccc43)c(C([2H])([2H])[2H])c2C)cc1C. The molecular formula is C37H38B2N+. The van der Waals surface area contributed by atoms with Gasteiger partial charge in [0.2, 0.25) is 19.1 Å². The summed E-state index contributed by atoms with van der Waals surface area (Å²) < 4.78 is 77.7. The summed E-state index contributed by atoms with van der Waals surface area (Å²) in [4.78, 5) is 0. The van der Waals surface area contributed by atoms with Gasteiger partial charge in [0, 0.05) is 29.5 Å². The van der Waals surface area contributed by atoms with Crippen molar-refractivity contribution in [3.63, 3.8) is 0 Å². The molecule has 0 amide bonds. The van der Waals surface area contributed by atoms with Crippen molar-refractivity contribution in [2.75, 3.05) is 0 Å². The molecule has 1 aromatic heterocycles. The van der Waals surface area contributed by atoms with E-state index < -0.39 is 27.3 Å². The van der Waals surface area contributed by atoms with Crippen LogP contribution >= 0.6 is 0 Å².